The van der Waals surface area contributed by atoms with E-state index in [1.807, 2.05) is 19.9 Å². The lowest BCUT2D eigenvalue weighted by Gasteiger charge is -2.04. The van der Waals surface area contributed by atoms with Crippen molar-refractivity contribution in [3.63, 3.8) is 0 Å². The fourth-order valence-corrected chi connectivity index (χ4v) is 2.38. The van der Waals surface area contributed by atoms with E-state index in [2.05, 4.69) is 4.98 Å². The van der Waals surface area contributed by atoms with E-state index in [9.17, 15) is 4.39 Å². The van der Waals surface area contributed by atoms with Crippen LogP contribution in [0.1, 0.15) is 22.4 Å². The van der Waals surface area contributed by atoms with Gasteiger partial charge in [0.25, 0.3) is 0 Å². The van der Waals surface area contributed by atoms with Gasteiger partial charge in [-0.05, 0) is 50.4 Å². The molecule has 0 aliphatic rings. The van der Waals surface area contributed by atoms with E-state index in [0.717, 1.165) is 28.6 Å². The van der Waals surface area contributed by atoms with Crippen molar-refractivity contribution in [2.24, 2.45) is 5.73 Å². The predicted molar refractivity (Wildman–Crippen MR) is 65.2 cm³/mol. The molecule has 1 heterocycles. The number of hydrogen-bond donors (Lipinski definition) is 2. The topological polar surface area (TPSA) is 41.8 Å². The molecule has 2 rings (SSSR count). The van der Waals surface area contributed by atoms with Gasteiger partial charge in [0, 0.05) is 11.1 Å². The van der Waals surface area contributed by atoms with Gasteiger partial charge in [0.15, 0.2) is 0 Å². The maximum Gasteiger partial charge on any atom is 0.150 e. The molecule has 0 atom stereocenters. The Morgan fingerprint density at radius 2 is 1.94 bits per heavy atom. The number of nitrogens with one attached hydrogen (secondary N) is 1. The number of rotatable bonds is 2. The summed E-state index contributed by atoms with van der Waals surface area (Å²) in [6.45, 7) is 6.37. The smallest absolute Gasteiger partial charge is 0.150 e. The van der Waals surface area contributed by atoms with Crippen molar-refractivity contribution in [2.45, 2.75) is 27.2 Å². The monoisotopic (exact) mass is 220 g/mol. The fraction of sp³-hybridized carbons (Fsp3) is 0.385. The average Bonchev–Trinajstić information content (AvgIpc) is 2.54. The largest absolute Gasteiger partial charge is 0.356 e. The van der Waals surface area contributed by atoms with Crippen molar-refractivity contribution >= 4 is 10.9 Å². The zero-order chi connectivity index (χ0) is 11.9. The first-order valence-electron chi connectivity index (χ1n) is 5.53. The van der Waals surface area contributed by atoms with Crippen molar-refractivity contribution < 1.29 is 4.39 Å². The van der Waals surface area contributed by atoms with Gasteiger partial charge in [-0.1, -0.05) is 6.07 Å². The normalized spacial score (nSPS) is 11.3. The number of halogens is 1. The summed E-state index contributed by atoms with van der Waals surface area (Å²) >= 11 is 0. The molecule has 1 aromatic carbocycles. The molecule has 16 heavy (non-hydrogen) atoms. The van der Waals surface area contributed by atoms with E-state index in [-0.39, 0.29) is 5.82 Å². The number of benzene rings is 1. The van der Waals surface area contributed by atoms with E-state index in [4.69, 9.17) is 5.73 Å². The Morgan fingerprint density at radius 1 is 1.25 bits per heavy atom. The van der Waals surface area contributed by atoms with Crippen LogP contribution in [-0.4, -0.2) is 11.5 Å². The number of fused-ring (bicyclic) bond motifs is 1. The Bertz CT molecular complexity index is 541. The van der Waals surface area contributed by atoms with E-state index in [1.54, 1.807) is 6.92 Å². The van der Waals surface area contributed by atoms with Crippen LogP contribution in [0.4, 0.5) is 4.39 Å². The van der Waals surface area contributed by atoms with Crippen LogP contribution in [0.3, 0.4) is 0 Å². The third-order valence-corrected chi connectivity index (χ3v) is 3.10. The number of nitrogens with two attached hydrogens (primary N) is 1. The highest BCUT2D eigenvalue weighted by molar-refractivity contribution is 5.89. The standard InChI is InChI=1S/C13H17FN2/c1-7-6-8(2)12(14)13-11(7)10(4-5-15)9(3)16-13/h6,16H,4-5,15H2,1-3H3. The molecule has 0 unspecified atom stereocenters. The summed E-state index contributed by atoms with van der Waals surface area (Å²) in [6.07, 6.45) is 0.787. The third kappa shape index (κ3) is 1.52. The van der Waals surface area contributed by atoms with E-state index < -0.39 is 0 Å². The van der Waals surface area contributed by atoms with E-state index in [1.165, 1.54) is 0 Å². The average molecular weight is 220 g/mol. The third-order valence-electron chi connectivity index (χ3n) is 3.10. The van der Waals surface area contributed by atoms with Crippen LogP contribution in [0.5, 0.6) is 0 Å². The predicted octanol–water partition coefficient (Wildman–Crippen LogP) is 2.73. The first-order chi connectivity index (χ1) is 7.56. The van der Waals surface area contributed by atoms with E-state index >= 15 is 0 Å². The molecule has 0 saturated carbocycles. The van der Waals surface area contributed by atoms with Gasteiger partial charge in [-0.25, -0.2) is 4.39 Å². The Hall–Kier alpha value is -1.35. The highest BCUT2D eigenvalue weighted by Crippen LogP contribution is 2.29. The molecular formula is C13H17FN2. The molecule has 1 aromatic heterocycles. The van der Waals surface area contributed by atoms with Gasteiger partial charge in [0.2, 0.25) is 0 Å². The van der Waals surface area contributed by atoms with Crippen molar-refractivity contribution in [2.75, 3.05) is 6.54 Å². The summed E-state index contributed by atoms with van der Waals surface area (Å²) in [7, 11) is 0. The molecule has 0 spiro atoms. The number of aryl methyl sites for hydroxylation is 3. The Morgan fingerprint density at radius 3 is 2.56 bits per heavy atom. The minimum Gasteiger partial charge on any atom is -0.356 e. The molecule has 2 aromatic rings. The number of hydrogen-bond acceptors (Lipinski definition) is 1. The van der Waals surface area contributed by atoms with Gasteiger partial charge < -0.3 is 10.7 Å². The van der Waals surface area contributed by atoms with Crippen LogP contribution in [0.2, 0.25) is 0 Å². The molecule has 3 heteroatoms. The second kappa shape index (κ2) is 3.91. The molecule has 0 amide bonds. The van der Waals surface area contributed by atoms with Gasteiger partial charge in [-0.3, -0.25) is 0 Å². The molecule has 2 nitrogen and oxygen atoms in total. The summed E-state index contributed by atoms with van der Waals surface area (Å²) in [5.74, 6) is -0.146. The quantitative estimate of drug-likeness (QED) is 0.802. The minimum absolute atomic E-state index is 0.146. The van der Waals surface area contributed by atoms with Gasteiger partial charge >= 0.3 is 0 Å². The molecule has 0 aliphatic carbocycles. The summed E-state index contributed by atoms with van der Waals surface area (Å²) in [5.41, 5.74) is 10.2. The maximum absolute atomic E-state index is 13.9. The van der Waals surface area contributed by atoms with Crippen molar-refractivity contribution in [3.8, 4) is 0 Å². The lowest BCUT2D eigenvalue weighted by atomic mass is 10.0. The fourth-order valence-electron chi connectivity index (χ4n) is 2.38. The highest BCUT2D eigenvalue weighted by atomic mass is 19.1. The maximum atomic E-state index is 13.9. The Kier molecular flexibility index (Phi) is 2.72. The zero-order valence-electron chi connectivity index (χ0n) is 9.95. The van der Waals surface area contributed by atoms with Gasteiger partial charge in [-0.2, -0.15) is 0 Å². The minimum atomic E-state index is -0.146. The molecule has 0 radical (unpaired) electrons. The molecule has 0 fully saturated rings. The highest BCUT2D eigenvalue weighted by Gasteiger charge is 2.15. The summed E-state index contributed by atoms with van der Waals surface area (Å²) in [5, 5.41) is 1.01. The first-order valence-corrected chi connectivity index (χ1v) is 5.53. The summed E-state index contributed by atoms with van der Waals surface area (Å²) < 4.78 is 13.9. The molecule has 0 aliphatic heterocycles. The van der Waals surface area contributed by atoms with Crippen LogP contribution >= 0.6 is 0 Å². The number of aromatic amines is 1. The molecule has 0 bridgehead atoms. The van der Waals surface area contributed by atoms with Crippen LogP contribution in [-0.2, 0) is 6.42 Å². The van der Waals surface area contributed by atoms with Crippen LogP contribution < -0.4 is 5.73 Å². The van der Waals surface area contributed by atoms with Gasteiger partial charge in [0.05, 0.1) is 5.52 Å². The summed E-state index contributed by atoms with van der Waals surface area (Å²) in [6, 6.07) is 1.89. The SMILES string of the molecule is Cc1cc(C)c2c(CCN)c(C)[nH]c2c1F. The Balaban J connectivity index is 2.83. The van der Waals surface area contributed by atoms with Crippen LogP contribution in [0, 0.1) is 26.6 Å². The molecule has 3 N–H and O–H groups in total. The summed E-state index contributed by atoms with van der Waals surface area (Å²) in [4.78, 5) is 3.13. The van der Waals surface area contributed by atoms with Gasteiger partial charge in [-0.15, -0.1) is 0 Å². The zero-order valence-corrected chi connectivity index (χ0v) is 9.95. The lowest BCUT2D eigenvalue weighted by Crippen LogP contribution is -2.03. The molecule has 0 saturated heterocycles. The first kappa shape index (κ1) is 11.1. The van der Waals surface area contributed by atoms with Crippen molar-refractivity contribution in [3.05, 3.63) is 34.3 Å². The second-order valence-corrected chi connectivity index (χ2v) is 4.34. The molecular weight excluding hydrogens is 203 g/mol. The number of aromatic nitrogens is 1. The van der Waals surface area contributed by atoms with Crippen LogP contribution in [0.15, 0.2) is 6.07 Å². The van der Waals surface area contributed by atoms with Crippen molar-refractivity contribution in [1.82, 2.24) is 4.98 Å². The van der Waals surface area contributed by atoms with Crippen molar-refractivity contribution in [1.29, 1.82) is 0 Å². The molecule has 86 valence electrons. The Labute approximate surface area is 94.7 Å². The number of H-pyrrole nitrogens is 1. The van der Waals surface area contributed by atoms with Gasteiger partial charge in [0.1, 0.15) is 5.82 Å². The van der Waals surface area contributed by atoms with E-state index in [0.29, 0.717) is 17.6 Å². The second-order valence-electron chi connectivity index (χ2n) is 4.34. The lowest BCUT2D eigenvalue weighted by molar-refractivity contribution is 0.627. The van der Waals surface area contributed by atoms with Crippen LogP contribution in [0.25, 0.3) is 10.9 Å².